The minimum Gasteiger partial charge on any atom is -0.468 e. The van der Waals surface area contributed by atoms with E-state index in [-0.39, 0.29) is 30.1 Å². The maximum Gasteiger partial charge on any atom is 0.316 e. The minimum atomic E-state index is -0.733. The Morgan fingerprint density at radius 1 is 1.03 bits per heavy atom. The van der Waals surface area contributed by atoms with Crippen molar-refractivity contribution in [3.8, 4) is 0 Å². The Morgan fingerprint density at radius 2 is 1.69 bits per heavy atom. The maximum absolute atomic E-state index is 13.2. The van der Waals surface area contributed by atoms with E-state index in [1.54, 1.807) is 16.7 Å². The fourth-order valence-corrected chi connectivity index (χ4v) is 5.22. The highest BCUT2D eigenvalue weighted by Crippen LogP contribution is 2.38. The molecule has 4 rings (SSSR count). The van der Waals surface area contributed by atoms with Crippen LogP contribution in [-0.2, 0) is 24.5 Å². The van der Waals surface area contributed by atoms with Gasteiger partial charge in [-0.2, -0.15) is 0 Å². The molecule has 2 fully saturated rings. The molecule has 1 atom stereocenters. The molecule has 0 saturated carbocycles. The Labute approximate surface area is 192 Å². The van der Waals surface area contributed by atoms with Gasteiger partial charge in [-0.05, 0) is 48.9 Å². The monoisotopic (exact) mass is 452 g/mol. The Balaban J connectivity index is 1.44. The van der Waals surface area contributed by atoms with Crippen LogP contribution < -0.4 is 4.90 Å². The number of nitrogens with zero attached hydrogens (tertiary/aromatic N) is 2. The first-order valence-corrected chi connectivity index (χ1v) is 12.1. The number of piperidine rings is 1. The van der Waals surface area contributed by atoms with Gasteiger partial charge in [-0.1, -0.05) is 30.3 Å². The van der Waals surface area contributed by atoms with Crippen molar-refractivity contribution in [2.24, 2.45) is 5.92 Å². The standard InChI is InChI=1S/C25H28N2O4S/c1-31-24(30)25(19-6-4-3-5-7-19)12-14-26(15-13-25)23(29)18-16-22(28)27(17-18)20-8-10-21(32-2)11-9-20/h3-11,18H,12-17H2,1-2H3. The van der Waals surface area contributed by atoms with E-state index in [9.17, 15) is 14.4 Å². The van der Waals surface area contributed by atoms with Crippen LogP contribution in [0.25, 0.3) is 0 Å². The van der Waals surface area contributed by atoms with Gasteiger partial charge in [0.1, 0.15) is 0 Å². The van der Waals surface area contributed by atoms with Gasteiger partial charge in [0, 0.05) is 36.6 Å². The highest BCUT2D eigenvalue weighted by molar-refractivity contribution is 7.98. The second-order valence-corrected chi connectivity index (χ2v) is 9.25. The number of amides is 2. The van der Waals surface area contributed by atoms with Crippen molar-refractivity contribution in [1.29, 1.82) is 0 Å². The third-order valence-corrected chi connectivity index (χ3v) is 7.43. The zero-order valence-corrected chi connectivity index (χ0v) is 19.3. The van der Waals surface area contributed by atoms with E-state index >= 15 is 0 Å². The molecule has 0 spiro atoms. The van der Waals surface area contributed by atoms with E-state index in [2.05, 4.69) is 0 Å². The molecule has 6 nitrogen and oxygen atoms in total. The van der Waals surface area contributed by atoms with E-state index in [1.165, 1.54) is 7.11 Å². The molecule has 2 aliphatic rings. The van der Waals surface area contributed by atoms with Gasteiger partial charge in [0.15, 0.2) is 0 Å². The van der Waals surface area contributed by atoms with Crippen LogP contribution >= 0.6 is 11.8 Å². The van der Waals surface area contributed by atoms with Gasteiger partial charge in [-0.25, -0.2) is 0 Å². The molecule has 2 aromatic rings. The number of anilines is 1. The van der Waals surface area contributed by atoms with Crippen molar-refractivity contribution in [2.45, 2.75) is 29.6 Å². The van der Waals surface area contributed by atoms with E-state index < -0.39 is 5.41 Å². The largest absolute Gasteiger partial charge is 0.468 e. The number of likely N-dealkylation sites (tertiary alicyclic amines) is 1. The average molecular weight is 453 g/mol. The van der Waals surface area contributed by atoms with Crippen LogP contribution in [0.1, 0.15) is 24.8 Å². The smallest absolute Gasteiger partial charge is 0.316 e. The van der Waals surface area contributed by atoms with Crippen molar-refractivity contribution < 1.29 is 19.1 Å². The first kappa shape index (κ1) is 22.4. The number of carbonyl (C=O) groups is 3. The molecule has 1 unspecified atom stereocenters. The molecule has 32 heavy (non-hydrogen) atoms. The van der Waals surface area contributed by atoms with Crippen LogP contribution in [0.4, 0.5) is 5.69 Å². The Hall–Kier alpha value is -2.80. The number of carbonyl (C=O) groups excluding carboxylic acids is 3. The molecule has 0 aliphatic carbocycles. The van der Waals surface area contributed by atoms with E-state index in [1.807, 2.05) is 65.8 Å². The van der Waals surface area contributed by atoms with Crippen molar-refractivity contribution in [3.63, 3.8) is 0 Å². The van der Waals surface area contributed by atoms with E-state index in [4.69, 9.17) is 4.74 Å². The van der Waals surface area contributed by atoms with Crippen molar-refractivity contribution >= 4 is 35.2 Å². The fourth-order valence-electron chi connectivity index (χ4n) is 4.81. The predicted molar refractivity (Wildman–Crippen MR) is 125 cm³/mol. The maximum atomic E-state index is 13.2. The molecule has 0 bridgehead atoms. The minimum absolute atomic E-state index is 0.00638. The quantitative estimate of drug-likeness (QED) is 0.513. The number of methoxy groups -OCH3 is 1. The molecular formula is C25H28N2O4S. The molecule has 2 saturated heterocycles. The lowest BCUT2D eigenvalue weighted by molar-refractivity contribution is -0.152. The lowest BCUT2D eigenvalue weighted by atomic mass is 9.72. The summed E-state index contributed by atoms with van der Waals surface area (Å²) in [6, 6.07) is 17.5. The zero-order valence-electron chi connectivity index (χ0n) is 18.5. The molecule has 7 heteroatoms. The SMILES string of the molecule is COC(=O)C1(c2ccccc2)CCN(C(=O)C2CC(=O)N(c3ccc(SC)cc3)C2)CC1. The number of esters is 1. The summed E-state index contributed by atoms with van der Waals surface area (Å²) in [6.07, 6.45) is 3.25. The van der Waals surface area contributed by atoms with Crippen LogP contribution in [0.5, 0.6) is 0 Å². The topological polar surface area (TPSA) is 66.9 Å². The van der Waals surface area contributed by atoms with Gasteiger partial charge in [0.25, 0.3) is 0 Å². The average Bonchev–Trinajstić information content (AvgIpc) is 3.25. The Morgan fingerprint density at radius 3 is 2.28 bits per heavy atom. The van der Waals surface area contributed by atoms with Gasteiger partial charge in [0.05, 0.1) is 18.4 Å². The normalized spacial score (nSPS) is 20.3. The van der Waals surface area contributed by atoms with Crippen LogP contribution in [0.15, 0.2) is 59.5 Å². The summed E-state index contributed by atoms with van der Waals surface area (Å²) in [5.41, 5.74) is 1.02. The van der Waals surface area contributed by atoms with E-state index in [0.29, 0.717) is 32.5 Å². The molecule has 168 valence electrons. The second kappa shape index (κ2) is 9.36. The lowest BCUT2D eigenvalue weighted by Gasteiger charge is -2.40. The fraction of sp³-hybridized carbons (Fsp3) is 0.400. The molecule has 2 aromatic carbocycles. The van der Waals surface area contributed by atoms with Gasteiger partial charge < -0.3 is 14.5 Å². The summed E-state index contributed by atoms with van der Waals surface area (Å²) < 4.78 is 5.14. The van der Waals surface area contributed by atoms with Crippen molar-refractivity contribution in [3.05, 3.63) is 60.2 Å². The summed E-state index contributed by atoms with van der Waals surface area (Å²) in [6.45, 7) is 1.33. The molecule has 0 N–H and O–H groups in total. The molecule has 0 radical (unpaired) electrons. The van der Waals surface area contributed by atoms with Crippen molar-refractivity contribution in [1.82, 2.24) is 4.90 Å². The number of hydrogen-bond acceptors (Lipinski definition) is 5. The second-order valence-electron chi connectivity index (χ2n) is 8.37. The zero-order chi connectivity index (χ0) is 22.7. The summed E-state index contributed by atoms with van der Waals surface area (Å²) in [4.78, 5) is 43.3. The first-order valence-electron chi connectivity index (χ1n) is 10.9. The number of benzene rings is 2. The van der Waals surface area contributed by atoms with Crippen LogP contribution in [0.2, 0.25) is 0 Å². The number of rotatable bonds is 5. The molecule has 2 heterocycles. The highest BCUT2D eigenvalue weighted by Gasteiger charge is 2.46. The third-order valence-electron chi connectivity index (χ3n) is 6.69. The summed E-state index contributed by atoms with van der Waals surface area (Å²) in [5, 5.41) is 0. The third kappa shape index (κ3) is 4.13. The Bertz CT molecular complexity index is 985. The van der Waals surface area contributed by atoms with Gasteiger partial charge >= 0.3 is 5.97 Å². The van der Waals surface area contributed by atoms with Crippen LogP contribution in [0.3, 0.4) is 0 Å². The molecule has 0 aromatic heterocycles. The van der Waals surface area contributed by atoms with Crippen LogP contribution in [0, 0.1) is 5.92 Å². The molecule has 2 aliphatic heterocycles. The molecular weight excluding hydrogens is 424 g/mol. The summed E-state index contributed by atoms with van der Waals surface area (Å²) >= 11 is 1.65. The van der Waals surface area contributed by atoms with Crippen molar-refractivity contribution in [2.75, 3.05) is 37.9 Å². The van der Waals surface area contributed by atoms with Gasteiger partial charge in [0.2, 0.25) is 11.8 Å². The number of hydrogen-bond donors (Lipinski definition) is 0. The highest BCUT2D eigenvalue weighted by atomic mass is 32.2. The number of ether oxygens (including phenoxy) is 1. The first-order chi connectivity index (χ1) is 15.5. The summed E-state index contributed by atoms with van der Waals surface area (Å²) in [5.74, 6) is -0.643. The number of thioether (sulfide) groups is 1. The van der Waals surface area contributed by atoms with Gasteiger partial charge in [-0.3, -0.25) is 14.4 Å². The van der Waals surface area contributed by atoms with E-state index in [0.717, 1.165) is 16.1 Å². The Kier molecular flexibility index (Phi) is 6.55. The molecule has 2 amide bonds. The predicted octanol–water partition coefficient (Wildman–Crippen LogP) is 3.49. The van der Waals surface area contributed by atoms with Crippen LogP contribution in [-0.4, -0.2) is 55.7 Å². The van der Waals surface area contributed by atoms with Gasteiger partial charge in [-0.15, -0.1) is 11.8 Å². The summed E-state index contributed by atoms with van der Waals surface area (Å²) in [7, 11) is 1.41. The lowest BCUT2D eigenvalue weighted by Crippen LogP contribution is -2.51.